The van der Waals surface area contributed by atoms with Gasteiger partial charge in [-0.25, -0.2) is 5.43 Å². The first-order valence-corrected chi connectivity index (χ1v) is 6.55. The largest absolute Gasteiger partial charge is 0.271 e. The number of halogens is 1. The molecule has 0 unspecified atom stereocenters. The van der Waals surface area contributed by atoms with Crippen LogP contribution in [0.3, 0.4) is 0 Å². The lowest BCUT2D eigenvalue weighted by Gasteiger charge is -2.04. The summed E-state index contributed by atoms with van der Waals surface area (Å²) in [6.07, 6.45) is 0. The molecular formula is C15H12ClN3O2. The molecule has 5 nitrogen and oxygen atoms in total. The van der Waals surface area contributed by atoms with Gasteiger partial charge >= 0.3 is 0 Å². The molecule has 6 heteroatoms. The van der Waals surface area contributed by atoms with Crippen molar-refractivity contribution in [1.29, 1.82) is 0 Å². The third-order valence-electron chi connectivity index (χ3n) is 2.72. The highest BCUT2D eigenvalue weighted by Gasteiger charge is 2.07. The number of carbonyl (C=O) groups excluding carboxylic acids is 1. The Morgan fingerprint density at radius 3 is 2.29 bits per heavy atom. The van der Waals surface area contributed by atoms with Crippen LogP contribution in [0.2, 0.25) is 5.02 Å². The molecule has 0 spiro atoms. The number of hydrazone groups is 1. The molecule has 0 heterocycles. The highest BCUT2D eigenvalue weighted by molar-refractivity contribution is 6.30. The maximum absolute atomic E-state index is 11.9. The Bertz CT molecular complexity index is 654. The van der Waals surface area contributed by atoms with Gasteiger partial charge in [-0.05, 0) is 29.8 Å². The van der Waals surface area contributed by atoms with Crippen molar-refractivity contribution in [3.8, 4) is 0 Å². The molecule has 0 bridgehead atoms. The molecule has 0 fully saturated rings. The second-order valence-electron chi connectivity index (χ2n) is 4.16. The van der Waals surface area contributed by atoms with Crippen LogP contribution in [0.4, 0.5) is 0 Å². The Labute approximate surface area is 126 Å². The fourth-order valence-corrected chi connectivity index (χ4v) is 1.79. The lowest BCUT2D eigenvalue weighted by Crippen LogP contribution is -2.21. The van der Waals surface area contributed by atoms with E-state index in [1.54, 1.807) is 36.4 Å². The van der Waals surface area contributed by atoms with Crippen molar-refractivity contribution in [2.24, 2.45) is 10.3 Å². The predicted octanol–water partition coefficient (Wildman–Crippen LogP) is 3.24. The van der Waals surface area contributed by atoms with Gasteiger partial charge in [-0.3, -0.25) is 4.79 Å². The highest BCUT2D eigenvalue weighted by Crippen LogP contribution is 2.09. The van der Waals surface area contributed by atoms with E-state index < -0.39 is 0 Å². The zero-order chi connectivity index (χ0) is 15.1. The van der Waals surface area contributed by atoms with Crippen molar-refractivity contribution in [1.82, 2.24) is 5.43 Å². The van der Waals surface area contributed by atoms with E-state index in [1.807, 2.05) is 18.2 Å². The minimum atomic E-state index is -0.383. The second kappa shape index (κ2) is 7.31. The van der Waals surface area contributed by atoms with Gasteiger partial charge in [0.25, 0.3) is 5.91 Å². The molecule has 0 aliphatic carbocycles. The first-order chi connectivity index (χ1) is 10.2. The SMILES string of the molecule is O=NCC(=NNC(=O)c1ccc(Cl)cc1)c1ccccc1. The van der Waals surface area contributed by atoms with Crippen LogP contribution in [0.25, 0.3) is 0 Å². The fourth-order valence-electron chi connectivity index (χ4n) is 1.67. The normalized spacial score (nSPS) is 11.0. The summed E-state index contributed by atoms with van der Waals surface area (Å²) in [5.41, 5.74) is 3.96. The first-order valence-electron chi connectivity index (χ1n) is 6.17. The number of nitrogens with one attached hydrogen (secondary N) is 1. The van der Waals surface area contributed by atoms with Gasteiger partial charge in [-0.15, -0.1) is 0 Å². The van der Waals surface area contributed by atoms with Crippen molar-refractivity contribution in [3.05, 3.63) is 75.7 Å². The van der Waals surface area contributed by atoms with E-state index in [0.29, 0.717) is 16.3 Å². The van der Waals surface area contributed by atoms with Crippen LogP contribution in [-0.4, -0.2) is 18.2 Å². The summed E-state index contributed by atoms with van der Waals surface area (Å²) >= 11 is 5.76. The van der Waals surface area contributed by atoms with Gasteiger partial charge in [0, 0.05) is 10.6 Å². The van der Waals surface area contributed by atoms with E-state index >= 15 is 0 Å². The molecule has 0 aliphatic rings. The average Bonchev–Trinajstić information content (AvgIpc) is 2.52. The molecule has 0 saturated carbocycles. The molecular weight excluding hydrogens is 290 g/mol. The van der Waals surface area contributed by atoms with Crippen LogP contribution in [0.1, 0.15) is 15.9 Å². The van der Waals surface area contributed by atoms with Gasteiger partial charge in [0.05, 0.1) is 5.71 Å². The molecule has 0 aromatic heterocycles. The molecule has 0 radical (unpaired) electrons. The number of hydrogen-bond donors (Lipinski definition) is 1. The lowest BCUT2D eigenvalue weighted by atomic mass is 10.1. The van der Waals surface area contributed by atoms with Crippen molar-refractivity contribution in [3.63, 3.8) is 0 Å². The summed E-state index contributed by atoms with van der Waals surface area (Å²) in [5.74, 6) is -0.383. The van der Waals surface area contributed by atoms with Crippen LogP contribution >= 0.6 is 11.6 Å². The molecule has 1 amide bonds. The van der Waals surface area contributed by atoms with Crippen molar-refractivity contribution in [2.75, 3.05) is 6.54 Å². The van der Waals surface area contributed by atoms with Crippen LogP contribution in [0, 0.1) is 4.91 Å². The van der Waals surface area contributed by atoms with E-state index in [-0.39, 0.29) is 12.5 Å². The van der Waals surface area contributed by atoms with E-state index in [0.717, 1.165) is 5.56 Å². The molecule has 21 heavy (non-hydrogen) atoms. The number of benzene rings is 2. The van der Waals surface area contributed by atoms with Crippen molar-refractivity contribution >= 4 is 23.2 Å². The number of nitrogens with zero attached hydrogens (tertiary/aromatic N) is 2. The molecule has 2 rings (SSSR count). The summed E-state index contributed by atoms with van der Waals surface area (Å²) < 4.78 is 0. The van der Waals surface area contributed by atoms with Crippen molar-refractivity contribution < 1.29 is 4.79 Å². The maximum atomic E-state index is 11.9. The van der Waals surface area contributed by atoms with E-state index in [9.17, 15) is 9.70 Å². The molecule has 0 saturated heterocycles. The molecule has 106 valence electrons. The standard InChI is InChI=1S/C15H12ClN3O2/c16-13-8-6-12(7-9-13)15(20)19-18-14(10-17-21)11-4-2-1-3-5-11/h1-9H,10H2,(H,19,20). The van der Waals surface area contributed by atoms with Crippen LogP contribution in [0.15, 0.2) is 64.9 Å². The Balaban J connectivity index is 2.14. The summed E-state index contributed by atoms with van der Waals surface area (Å²) in [6, 6.07) is 15.5. The third-order valence-corrected chi connectivity index (χ3v) is 2.97. The zero-order valence-electron chi connectivity index (χ0n) is 11.0. The fraction of sp³-hybridized carbons (Fsp3) is 0.0667. The summed E-state index contributed by atoms with van der Waals surface area (Å²) in [7, 11) is 0. The Hall–Kier alpha value is -2.53. The molecule has 2 aromatic carbocycles. The van der Waals surface area contributed by atoms with E-state index in [2.05, 4.69) is 15.7 Å². The number of amides is 1. The monoisotopic (exact) mass is 301 g/mol. The Morgan fingerprint density at radius 1 is 1.00 bits per heavy atom. The molecule has 0 atom stereocenters. The van der Waals surface area contributed by atoms with Crippen molar-refractivity contribution in [2.45, 2.75) is 0 Å². The van der Waals surface area contributed by atoms with Crippen LogP contribution < -0.4 is 5.43 Å². The highest BCUT2D eigenvalue weighted by atomic mass is 35.5. The third kappa shape index (κ3) is 4.22. The zero-order valence-corrected chi connectivity index (χ0v) is 11.7. The summed E-state index contributed by atoms with van der Waals surface area (Å²) in [6.45, 7) is -0.120. The Kier molecular flexibility index (Phi) is 5.17. The van der Waals surface area contributed by atoms with Gasteiger partial charge in [0.2, 0.25) is 0 Å². The van der Waals surface area contributed by atoms with E-state index in [4.69, 9.17) is 11.6 Å². The second-order valence-corrected chi connectivity index (χ2v) is 4.60. The predicted molar refractivity (Wildman–Crippen MR) is 82.6 cm³/mol. The van der Waals surface area contributed by atoms with Gasteiger partial charge < -0.3 is 0 Å². The van der Waals surface area contributed by atoms with Crippen LogP contribution in [-0.2, 0) is 0 Å². The molecule has 1 N–H and O–H groups in total. The molecule has 2 aromatic rings. The Morgan fingerprint density at radius 2 is 1.67 bits per heavy atom. The van der Waals surface area contributed by atoms with Crippen LogP contribution in [0.5, 0.6) is 0 Å². The molecule has 0 aliphatic heterocycles. The number of nitroso groups, excluding NO2 is 1. The van der Waals surface area contributed by atoms with Gasteiger partial charge in [-0.1, -0.05) is 47.1 Å². The average molecular weight is 302 g/mol. The maximum Gasteiger partial charge on any atom is 0.271 e. The van der Waals surface area contributed by atoms with Gasteiger partial charge in [-0.2, -0.15) is 10.0 Å². The lowest BCUT2D eigenvalue weighted by molar-refractivity contribution is 0.0955. The quantitative estimate of drug-likeness (QED) is 0.523. The smallest absolute Gasteiger partial charge is 0.267 e. The first kappa shape index (κ1) is 14.9. The van der Waals surface area contributed by atoms with Gasteiger partial charge in [0.1, 0.15) is 6.54 Å². The van der Waals surface area contributed by atoms with Gasteiger partial charge in [0.15, 0.2) is 0 Å². The summed E-state index contributed by atoms with van der Waals surface area (Å²) in [4.78, 5) is 22.4. The number of rotatable bonds is 5. The number of hydrogen-bond acceptors (Lipinski definition) is 4. The topological polar surface area (TPSA) is 70.9 Å². The summed E-state index contributed by atoms with van der Waals surface area (Å²) in [5, 5.41) is 7.34. The minimum Gasteiger partial charge on any atom is -0.267 e. The van der Waals surface area contributed by atoms with E-state index in [1.165, 1.54) is 0 Å². The minimum absolute atomic E-state index is 0.120. The number of carbonyl (C=O) groups is 1.